The molecule has 1 atom stereocenters. The number of hydrogen-bond acceptors (Lipinski definition) is 2. The molecule has 0 spiro atoms. The SMILES string of the molecule is Cc1ccc(N(C)C[C@H](O)Cc2ccccc2)c(C)c1. The smallest absolute Gasteiger partial charge is 0.0755 e. The average Bonchev–Trinajstić information content (AvgIpc) is 2.39. The van der Waals surface area contributed by atoms with Gasteiger partial charge in [-0.2, -0.15) is 0 Å². The minimum absolute atomic E-state index is 0.358. The highest BCUT2D eigenvalue weighted by Crippen LogP contribution is 2.20. The summed E-state index contributed by atoms with van der Waals surface area (Å²) < 4.78 is 0. The number of aliphatic hydroxyl groups excluding tert-OH is 1. The third kappa shape index (κ3) is 3.84. The summed E-state index contributed by atoms with van der Waals surface area (Å²) >= 11 is 0. The number of anilines is 1. The topological polar surface area (TPSA) is 23.5 Å². The van der Waals surface area contributed by atoms with Gasteiger partial charge in [0.15, 0.2) is 0 Å². The van der Waals surface area contributed by atoms with Crippen molar-refractivity contribution in [1.82, 2.24) is 0 Å². The number of likely N-dealkylation sites (N-methyl/N-ethyl adjacent to an activating group) is 1. The van der Waals surface area contributed by atoms with Crippen molar-refractivity contribution in [3.05, 3.63) is 65.2 Å². The number of nitrogens with zero attached hydrogens (tertiary/aromatic N) is 1. The van der Waals surface area contributed by atoms with E-state index < -0.39 is 0 Å². The van der Waals surface area contributed by atoms with Gasteiger partial charge >= 0.3 is 0 Å². The molecule has 2 aromatic carbocycles. The van der Waals surface area contributed by atoms with E-state index in [-0.39, 0.29) is 6.10 Å². The Morgan fingerprint density at radius 3 is 2.40 bits per heavy atom. The molecule has 0 saturated carbocycles. The van der Waals surface area contributed by atoms with Gasteiger partial charge in [-0.15, -0.1) is 0 Å². The summed E-state index contributed by atoms with van der Waals surface area (Å²) in [5, 5.41) is 10.2. The highest BCUT2D eigenvalue weighted by Gasteiger charge is 2.11. The molecular formula is C18H23NO. The highest BCUT2D eigenvalue weighted by molar-refractivity contribution is 5.53. The van der Waals surface area contributed by atoms with E-state index in [4.69, 9.17) is 0 Å². The maximum Gasteiger partial charge on any atom is 0.0755 e. The van der Waals surface area contributed by atoms with Crippen LogP contribution < -0.4 is 4.90 Å². The lowest BCUT2D eigenvalue weighted by Gasteiger charge is -2.24. The van der Waals surface area contributed by atoms with E-state index in [0.29, 0.717) is 13.0 Å². The summed E-state index contributed by atoms with van der Waals surface area (Å²) in [6.45, 7) is 4.85. The van der Waals surface area contributed by atoms with E-state index in [0.717, 1.165) is 0 Å². The monoisotopic (exact) mass is 269 g/mol. The second kappa shape index (κ2) is 6.58. The Morgan fingerprint density at radius 2 is 1.75 bits per heavy atom. The zero-order valence-electron chi connectivity index (χ0n) is 12.5. The van der Waals surface area contributed by atoms with Crippen molar-refractivity contribution >= 4 is 5.69 Å². The van der Waals surface area contributed by atoms with Crippen molar-refractivity contribution in [3.8, 4) is 0 Å². The lowest BCUT2D eigenvalue weighted by atomic mass is 10.1. The fraction of sp³-hybridized carbons (Fsp3) is 0.333. The molecule has 0 heterocycles. The first-order chi connectivity index (χ1) is 9.56. The van der Waals surface area contributed by atoms with Gasteiger partial charge in [0.05, 0.1) is 6.10 Å². The normalized spacial score (nSPS) is 12.2. The van der Waals surface area contributed by atoms with Gasteiger partial charge in [0.1, 0.15) is 0 Å². The molecule has 2 nitrogen and oxygen atoms in total. The molecule has 1 N–H and O–H groups in total. The van der Waals surface area contributed by atoms with Crippen LogP contribution in [0.1, 0.15) is 16.7 Å². The van der Waals surface area contributed by atoms with E-state index >= 15 is 0 Å². The molecular weight excluding hydrogens is 246 g/mol. The van der Waals surface area contributed by atoms with Gasteiger partial charge in [-0.25, -0.2) is 0 Å². The van der Waals surface area contributed by atoms with E-state index in [1.54, 1.807) is 0 Å². The minimum Gasteiger partial charge on any atom is -0.391 e. The van der Waals surface area contributed by atoms with Gasteiger partial charge in [0, 0.05) is 25.7 Å². The molecule has 0 radical (unpaired) electrons. The van der Waals surface area contributed by atoms with Crippen LogP contribution in [0.3, 0.4) is 0 Å². The standard InChI is InChI=1S/C18H23NO/c1-14-9-10-18(15(2)11-14)19(3)13-17(20)12-16-7-5-4-6-8-16/h4-11,17,20H,12-13H2,1-3H3/t17-/m1/s1. The quantitative estimate of drug-likeness (QED) is 0.900. The molecule has 0 aliphatic carbocycles. The lowest BCUT2D eigenvalue weighted by molar-refractivity contribution is 0.181. The Kier molecular flexibility index (Phi) is 4.80. The van der Waals surface area contributed by atoms with Crippen molar-refractivity contribution in [2.45, 2.75) is 26.4 Å². The maximum absolute atomic E-state index is 10.2. The Balaban J connectivity index is 1.98. The van der Waals surface area contributed by atoms with Gasteiger partial charge in [0.2, 0.25) is 0 Å². The molecule has 0 aliphatic heterocycles. The molecule has 20 heavy (non-hydrogen) atoms. The first-order valence-electron chi connectivity index (χ1n) is 7.06. The van der Waals surface area contributed by atoms with Crippen molar-refractivity contribution in [3.63, 3.8) is 0 Å². The fourth-order valence-electron chi connectivity index (χ4n) is 2.60. The fourth-order valence-corrected chi connectivity index (χ4v) is 2.60. The first-order valence-corrected chi connectivity index (χ1v) is 7.06. The molecule has 0 amide bonds. The van der Waals surface area contributed by atoms with Crippen LogP contribution in [0.15, 0.2) is 48.5 Å². The van der Waals surface area contributed by atoms with Crippen LogP contribution in [0.4, 0.5) is 5.69 Å². The van der Waals surface area contributed by atoms with Crippen LogP contribution in [-0.4, -0.2) is 24.8 Å². The predicted octanol–water partition coefficient (Wildman–Crippen LogP) is 3.34. The van der Waals surface area contributed by atoms with Crippen LogP contribution in [0.5, 0.6) is 0 Å². The van der Waals surface area contributed by atoms with Gasteiger partial charge in [0.25, 0.3) is 0 Å². The zero-order valence-corrected chi connectivity index (χ0v) is 12.5. The van der Waals surface area contributed by atoms with Gasteiger partial charge in [-0.05, 0) is 31.0 Å². The van der Waals surface area contributed by atoms with Crippen molar-refractivity contribution in [2.75, 3.05) is 18.5 Å². The molecule has 0 aliphatic rings. The number of hydrogen-bond donors (Lipinski definition) is 1. The van der Waals surface area contributed by atoms with Crippen LogP contribution in [-0.2, 0) is 6.42 Å². The summed E-state index contributed by atoms with van der Waals surface area (Å²) in [5.74, 6) is 0. The Bertz CT molecular complexity index is 551. The number of benzene rings is 2. The Hall–Kier alpha value is -1.80. The predicted molar refractivity (Wildman–Crippen MR) is 85.3 cm³/mol. The van der Waals surface area contributed by atoms with Gasteiger partial charge < -0.3 is 10.0 Å². The summed E-state index contributed by atoms with van der Waals surface area (Å²) in [7, 11) is 2.03. The van der Waals surface area contributed by atoms with Gasteiger partial charge in [-0.3, -0.25) is 0 Å². The molecule has 2 heteroatoms. The van der Waals surface area contributed by atoms with Crippen molar-refractivity contribution in [2.24, 2.45) is 0 Å². The second-order valence-corrected chi connectivity index (χ2v) is 5.51. The molecule has 0 fully saturated rings. The summed E-state index contributed by atoms with van der Waals surface area (Å²) in [6, 6.07) is 16.5. The lowest BCUT2D eigenvalue weighted by Crippen LogP contribution is -2.30. The van der Waals surface area contributed by atoms with E-state index in [9.17, 15) is 5.11 Å². The summed E-state index contributed by atoms with van der Waals surface area (Å²) in [5.41, 5.74) is 4.88. The third-order valence-corrected chi connectivity index (χ3v) is 3.56. The van der Waals surface area contributed by atoms with Crippen LogP contribution in [0.25, 0.3) is 0 Å². The van der Waals surface area contributed by atoms with Crippen LogP contribution >= 0.6 is 0 Å². The molecule has 106 valence electrons. The third-order valence-electron chi connectivity index (χ3n) is 3.56. The van der Waals surface area contributed by atoms with Crippen molar-refractivity contribution < 1.29 is 5.11 Å². The highest BCUT2D eigenvalue weighted by atomic mass is 16.3. The molecule has 0 bridgehead atoms. The maximum atomic E-state index is 10.2. The number of rotatable bonds is 5. The zero-order chi connectivity index (χ0) is 14.5. The molecule has 0 unspecified atom stereocenters. The Morgan fingerprint density at radius 1 is 1.05 bits per heavy atom. The van der Waals surface area contributed by atoms with Crippen LogP contribution in [0, 0.1) is 13.8 Å². The molecule has 2 rings (SSSR count). The van der Waals surface area contributed by atoms with Gasteiger partial charge in [-0.1, -0.05) is 48.0 Å². The second-order valence-electron chi connectivity index (χ2n) is 5.51. The van der Waals surface area contributed by atoms with E-state index in [1.807, 2.05) is 25.2 Å². The van der Waals surface area contributed by atoms with Crippen molar-refractivity contribution in [1.29, 1.82) is 0 Å². The molecule has 2 aromatic rings. The van der Waals surface area contributed by atoms with E-state index in [1.165, 1.54) is 22.4 Å². The largest absolute Gasteiger partial charge is 0.391 e. The summed E-state index contributed by atoms with van der Waals surface area (Å²) in [4.78, 5) is 2.13. The van der Waals surface area contributed by atoms with Crippen LogP contribution in [0.2, 0.25) is 0 Å². The summed E-state index contributed by atoms with van der Waals surface area (Å²) in [6.07, 6.45) is 0.332. The number of aliphatic hydroxyl groups is 1. The number of aryl methyl sites for hydroxylation is 2. The average molecular weight is 269 g/mol. The Labute approximate surface area is 121 Å². The molecule has 0 saturated heterocycles. The molecule has 0 aromatic heterocycles. The van der Waals surface area contributed by atoms with E-state index in [2.05, 4.69) is 49.1 Å². The first kappa shape index (κ1) is 14.6. The minimum atomic E-state index is -0.358.